The molecular weight excluding hydrogens is 480 g/mol. The number of ether oxygens (including phenoxy) is 1. The third kappa shape index (κ3) is 8.66. The SMILES string of the molecule is O=C(N[C@H](Cc1ccccc1)C(=O)N[C@H](CC[S@](=O)c1ccccc1)C(=O)O)OCc1ccccc1. The molecule has 0 aliphatic rings. The summed E-state index contributed by atoms with van der Waals surface area (Å²) < 4.78 is 17.7. The highest BCUT2D eigenvalue weighted by Gasteiger charge is 2.27. The summed E-state index contributed by atoms with van der Waals surface area (Å²) in [6.45, 7) is 0.0232. The summed E-state index contributed by atoms with van der Waals surface area (Å²) in [5.74, 6) is -1.87. The summed E-state index contributed by atoms with van der Waals surface area (Å²) >= 11 is 0. The van der Waals surface area contributed by atoms with Gasteiger partial charge in [-0.15, -0.1) is 0 Å². The zero-order valence-corrected chi connectivity index (χ0v) is 20.4. The monoisotopic (exact) mass is 508 g/mol. The highest BCUT2D eigenvalue weighted by molar-refractivity contribution is 7.85. The molecule has 3 rings (SSSR count). The molecule has 0 heterocycles. The van der Waals surface area contributed by atoms with Crippen molar-refractivity contribution in [1.82, 2.24) is 10.6 Å². The van der Waals surface area contributed by atoms with Gasteiger partial charge in [-0.25, -0.2) is 9.59 Å². The second-order valence-electron chi connectivity index (χ2n) is 8.00. The molecule has 8 nitrogen and oxygen atoms in total. The molecule has 0 unspecified atom stereocenters. The number of amides is 2. The number of benzene rings is 3. The molecule has 0 radical (unpaired) electrons. The summed E-state index contributed by atoms with van der Waals surface area (Å²) in [6.07, 6.45) is -0.707. The van der Waals surface area contributed by atoms with Gasteiger partial charge in [0.2, 0.25) is 5.91 Å². The van der Waals surface area contributed by atoms with Crippen LogP contribution < -0.4 is 10.6 Å². The fourth-order valence-electron chi connectivity index (χ4n) is 3.41. The lowest BCUT2D eigenvalue weighted by Crippen LogP contribution is -2.52. The zero-order valence-electron chi connectivity index (χ0n) is 19.5. The second-order valence-corrected chi connectivity index (χ2v) is 9.57. The number of hydrogen-bond donors (Lipinski definition) is 3. The summed E-state index contributed by atoms with van der Waals surface area (Å²) in [5.41, 5.74) is 1.56. The highest BCUT2D eigenvalue weighted by atomic mass is 32.2. The highest BCUT2D eigenvalue weighted by Crippen LogP contribution is 2.10. The van der Waals surface area contributed by atoms with Crippen LogP contribution in [-0.2, 0) is 38.2 Å². The van der Waals surface area contributed by atoms with Gasteiger partial charge in [-0.1, -0.05) is 78.9 Å². The summed E-state index contributed by atoms with van der Waals surface area (Å²) in [4.78, 5) is 37.9. The van der Waals surface area contributed by atoms with Crippen molar-refractivity contribution in [3.8, 4) is 0 Å². The van der Waals surface area contributed by atoms with Gasteiger partial charge in [-0.2, -0.15) is 0 Å². The van der Waals surface area contributed by atoms with E-state index in [2.05, 4.69) is 10.6 Å². The van der Waals surface area contributed by atoms with Gasteiger partial charge in [-0.05, 0) is 29.7 Å². The van der Waals surface area contributed by atoms with E-state index < -0.39 is 40.9 Å². The predicted octanol–water partition coefficient (Wildman–Crippen LogP) is 3.29. The molecule has 0 saturated carbocycles. The molecule has 2 amide bonds. The van der Waals surface area contributed by atoms with Crippen molar-refractivity contribution in [1.29, 1.82) is 0 Å². The Morgan fingerprint density at radius 1 is 0.778 bits per heavy atom. The van der Waals surface area contributed by atoms with Crippen molar-refractivity contribution in [2.45, 2.75) is 36.4 Å². The van der Waals surface area contributed by atoms with E-state index in [4.69, 9.17) is 4.74 Å². The maximum absolute atomic E-state index is 13.1. The van der Waals surface area contributed by atoms with Crippen LogP contribution in [0.5, 0.6) is 0 Å². The molecule has 3 aromatic carbocycles. The largest absolute Gasteiger partial charge is 0.480 e. The number of carbonyl (C=O) groups excluding carboxylic acids is 2. The first kappa shape index (κ1) is 26.6. The maximum Gasteiger partial charge on any atom is 0.408 e. The van der Waals surface area contributed by atoms with Gasteiger partial charge in [0.05, 0.1) is 10.8 Å². The van der Waals surface area contributed by atoms with Gasteiger partial charge in [0.1, 0.15) is 18.7 Å². The number of hydrogen-bond acceptors (Lipinski definition) is 5. The van der Waals surface area contributed by atoms with E-state index in [1.807, 2.05) is 24.3 Å². The Bertz CT molecular complexity index is 1160. The van der Waals surface area contributed by atoms with Crippen molar-refractivity contribution in [3.63, 3.8) is 0 Å². The van der Waals surface area contributed by atoms with E-state index in [0.717, 1.165) is 11.1 Å². The Hall–Kier alpha value is -3.98. The predicted molar refractivity (Wildman–Crippen MR) is 136 cm³/mol. The van der Waals surface area contributed by atoms with Crippen LogP contribution >= 0.6 is 0 Å². The van der Waals surface area contributed by atoms with E-state index >= 15 is 0 Å². The smallest absolute Gasteiger partial charge is 0.408 e. The summed E-state index contributed by atoms with van der Waals surface area (Å²) in [5, 5.41) is 14.7. The van der Waals surface area contributed by atoms with Crippen LogP contribution in [0.4, 0.5) is 4.79 Å². The van der Waals surface area contributed by atoms with Gasteiger partial charge in [0, 0.05) is 17.1 Å². The van der Waals surface area contributed by atoms with Crippen LogP contribution in [0.2, 0.25) is 0 Å². The lowest BCUT2D eigenvalue weighted by molar-refractivity contribution is -0.142. The minimum atomic E-state index is -1.41. The summed E-state index contributed by atoms with van der Waals surface area (Å²) in [6, 6.07) is 24.5. The fraction of sp³-hybridized carbons (Fsp3) is 0.222. The number of carboxylic acids is 1. The molecule has 0 fully saturated rings. The first-order chi connectivity index (χ1) is 17.4. The summed E-state index contributed by atoms with van der Waals surface area (Å²) in [7, 11) is -1.41. The van der Waals surface area contributed by atoms with E-state index in [-0.39, 0.29) is 25.2 Å². The number of aliphatic carboxylic acids is 1. The average molecular weight is 509 g/mol. The Morgan fingerprint density at radius 3 is 1.92 bits per heavy atom. The molecule has 0 aliphatic heterocycles. The van der Waals surface area contributed by atoms with Gasteiger partial charge in [0.25, 0.3) is 0 Å². The molecule has 0 aromatic heterocycles. The number of carboxylic acid groups (broad SMARTS) is 1. The van der Waals surface area contributed by atoms with Gasteiger partial charge >= 0.3 is 12.1 Å². The number of carbonyl (C=O) groups is 3. The normalized spacial score (nSPS) is 13.1. The molecule has 0 spiro atoms. The van der Waals surface area contributed by atoms with Crippen molar-refractivity contribution in [3.05, 3.63) is 102 Å². The third-order valence-electron chi connectivity index (χ3n) is 5.32. The van der Waals surface area contributed by atoms with Crippen LogP contribution in [0.1, 0.15) is 17.5 Å². The molecule has 0 aliphatic carbocycles. The molecule has 188 valence electrons. The molecule has 9 heteroatoms. The average Bonchev–Trinajstić information content (AvgIpc) is 2.90. The molecule has 0 bridgehead atoms. The Morgan fingerprint density at radius 2 is 1.33 bits per heavy atom. The van der Waals surface area contributed by atoms with Crippen LogP contribution in [0.15, 0.2) is 95.9 Å². The first-order valence-electron chi connectivity index (χ1n) is 11.4. The standard InChI is InChI=1S/C27H28N2O6S/c30-25(28-23(26(31)32)16-17-36(34)22-14-8-3-9-15-22)24(18-20-10-4-1-5-11-20)29-27(33)35-19-21-12-6-2-7-13-21/h1-15,23-24H,16-19H2,(H,28,30)(H,29,33)(H,31,32)/t23-,24-,36+/m1/s1. The lowest BCUT2D eigenvalue weighted by atomic mass is 10.0. The Labute approximate surface area is 212 Å². The van der Waals surface area contributed by atoms with Crippen molar-refractivity contribution in [2.24, 2.45) is 0 Å². The molecule has 0 saturated heterocycles. The van der Waals surface area contributed by atoms with E-state index in [1.54, 1.807) is 66.7 Å². The molecular formula is C27H28N2O6S. The number of alkyl carbamates (subject to hydrolysis) is 1. The van der Waals surface area contributed by atoms with E-state index in [1.165, 1.54) is 0 Å². The van der Waals surface area contributed by atoms with E-state index in [0.29, 0.717) is 4.90 Å². The minimum absolute atomic E-state index is 0.0232. The van der Waals surface area contributed by atoms with Crippen molar-refractivity contribution >= 4 is 28.8 Å². The lowest BCUT2D eigenvalue weighted by Gasteiger charge is -2.21. The molecule has 3 aromatic rings. The van der Waals surface area contributed by atoms with Crippen LogP contribution in [-0.4, -0.2) is 45.1 Å². The van der Waals surface area contributed by atoms with Gasteiger partial charge in [0.15, 0.2) is 0 Å². The number of rotatable bonds is 12. The maximum atomic E-state index is 13.1. The van der Waals surface area contributed by atoms with Crippen LogP contribution in [0.25, 0.3) is 0 Å². The van der Waals surface area contributed by atoms with Crippen LogP contribution in [0, 0.1) is 0 Å². The third-order valence-corrected chi connectivity index (χ3v) is 6.72. The van der Waals surface area contributed by atoms with Gasteiger partial charge in [-0.3, -0.25) is 9.00 Å². The molecule has 36 heavy (non-hydrogen) atoms. The second kappa shape index (κ2) is 13.8. The molecule has 3 N–H and O–H groups in total. The Balaban J connectivity index is 1.64. The van der Waals surface area contributed by atoms with Crippen molar-refractivity contribution < 1.29 is 28.4 Å². The fourth-order valence-corrected chi connectivity index (χ4v) is 4.56. The van der Waals surface area contributed by atoms with Crippen molar-refractivity contribution in [2.75, 3.05) is 5.75 Å². The van der Waals surface area contributed by atoms with Gasteiger partial charge < -0.3 is 20.5 Å². The Kier molecular flexibility index (Phi) is 10.2. The van der Waals surface area contributed by atoms with E-state index in [9.17, 15) is 23.7 Å². The quantitative estimate of drug-likeness (QED) is 0.345. The first-order valence-corrected chi connectivity index (χ1v) is 12.7. The minimum Gasteiger partial charge on any atom is -0.480 e. The molecule has 3 atom stereocenters. The van der Waals surface area contributed by atoms with Crippen LogP contribution in [0.3, 0.4) is 0 Å². The number of nitrogens with one attached hydrogen (secondary N) is 2. The zero-order chi connectivity index (χ0) is 25.8. The topological polar surface area (TPSA) is 122 Å².